The van der Waals surface area contributed by atoms with Crippen LogP contribution >= 0.6 is 0 Å². The van der Waals surface area contributed by atoms with Crippen LogP contribution in [-0.2, 0) is 6.42 Å². The van der Waals surface area contributed by atoms with Gasteiger partial charge in [-0.15, -0.1) is 0 Å². The maximum atomic E-state index is 10.5. The van der Waals surface area contributed by atoms with E-state index in [4.69, 9.17) is 0 Å². The van der Waals surface area contributed by atoms with E-state index >= 15 is 0 Å². The predicted molar refractivity (Wildman–Crippen MR) is 97.7 cm³/mol. The highest BCUT2D eigenvalue weighted by Gasteiger charge is 2.24. The molecule has 1 aromatic carbocycles. The van der Waals surface area contributed by atoms with Gasteiger partial charge in [-0.1, -0.05) is 57.0 Å². The molecule has 0 saturated carbocycles. The average molecular weight is 314 g/mol. The van der Waals surface area contributed by atoms with Crippen LogP contribution in [0.4, 0.5) is 0 Å². The second-order valence-corrected chi connectivity index (χ2v) is 6.98. The minimum Gasteiger partial charge on any atom is -0.504 e. The summed E-state index contributed by atoms with van der Waals surface area (Å²) in [6.07, 6.45) is 8.57. The number of allylic oxidation sites excluding steroid dienone is 3. The third-order valence-corrected chi connectivity index (χ3v) is 5.05. The molecule has 2 rings (SSSR count). The number of hydrogen-bond acceptors (Lipinski definition) is 2. The highest BCUT2D eigenvalue weighted by atomic mass is 16.3. The van der Waals surface area contributed by atoms with Gasteiger partial charge in [0.15, 0.2) is 11.5 Å². The van der Waals surface area contributed by atoms with E-state index in [0.717, 1.165) is 60.8 Å². The van der Waals surface area contributed by atoms with E-state index in [2.05, 4.69) is 33.4 Å². The summed E-state index contributed by atoms with van der Waals surface area (Å²) in [5, 5.41) is 20.9. The van der Waals surface area contributed by atoms with E-state index in [9.17, 15) is 10.2 Å². The zero-order valence-corrected chi connectivity index (χ0v) is 14.7. The van der Waals surface area contributed by atoms with Gasteiger partial charge in [0.2, 0.25) is 0 Å². The number of rotatable bonds is 6. The Hall–Kier alpha value is -1.70. The van der Waals surface area contributed by atoms with Crippen molar-refractivity contribution in [3.63, 3.8) is 0 Å². The van der Waals surface area contributed by atoms with Crippen molar-refractivity contribution >= 4 is 5.57 Å². The predicted octanol–water partition coefficient (Wildman–Crippen LogP) is 5.84. The average Bonchev–Trinajstić information content (AvgIpc) is 2.52. The molecular weight excluding hydrogens is 284 g/mol. The van der Waals surface area contributed by atoms with Crippen LogP contribution in [-0.4, -0.2) is 10.2 Å². The Morgan fingerprint density at radius 3 is 2.57 bits per heavy atom. The summed E-state index contributed by atoms with van der Waals surface area (Å²) >= 11 is 0. The first-order valence-electron chi connectivity index (χ1n) is 8.87. The van der Waals surface area contributed by atoms with Crippen LogP contribution in [0.3, 0.4) is 0 Å². The van der Waals surface area contributed by atoms with Crippen LogP contribution < -0.4 is 0 Å². The first-order valence-corrected chi connectivity index (χ1v) is 8.87. The van der Waals surface area contributed by atoms with Crippen molar-refractivity contribution in [2.45, 2.75) is 59.3 Å². The van der Waals surface area contributed by atoms with Crippen molar-refractivity contribution < 1.29 is 10.2 Å². The van der Waals surface area contributed by atoms with Gasteiger partial charge in [-0.3, -0.25) is 0 Å². The van der Waals surface area contributed by atoms with Gasteiger partial charge in [0.05, 0.1) is 0 Å². The largest absolute Gasteiger partial charge is 0.504 e. The van der Waals surface area contributed by atoms with Crippen LogP contribution in [0.2, 0.25) is 0 Å². The topological polar surface area (TPSA) is 40.5 Å². The van der Waals surface area contributed by atoms with Crippen LogP contribution in [0.1, 0.15) is 64.0 Å². The molecule has 0 heterocycles. The monoisotopic (exact) mass is 314 g/mol. The molecule has 2 heteroatoms. The summed E-state index contributed by atoms with van der Waals surface area (Å²) in [7, 11) is 0. The van der Waals surface area contributed by atoms with Crippen molar-refractivity contribution in [3.8, 4) is 11.5 Å². The summed E-state index contributed by atoms with van der Waals surface area (Å²) < 4.78 is 0. The van der Waals surface area contributed by atoms with Crippen LogP contribution in [0.15, 0.2) is 30.4 Å². The molecule has 2 atom stereocenters. The molecular formula is C21H30O2. The zero-order chi connectivity index (χ0) is 17.0. The maximum Gasteiger partial charge on any atom is 0.165 e. The summed E-state index contributed by atoms with van der Waals surface area (Å²) in [4.78, 5) is 0. The minimum absolute atomic E-state index is 0.0412. The number of unbranched alkanes of at least 4 members (excludes halogenated alkanes) is 2. The van der Waals surface area contributed by atoms with Gasteiger partial charge in [0.25, 0.3) is 0 Å². The molecule has 0 aliphatic heterocycles. The third kappa shape index (κ3) is 3.99. The van der Waals surface area contributed by atoms with Gasteiger partial charge in [-0.05, 0) is 55.6 Å². The fourth-order valence-electron chi connectivity index (χ4n) is 3.41. The van der Waals surface area contributed by atoms with Crippen molar-refractivity contribution in [2.24, 2.45) is 11.8 Å². The Bertz CT molecular complexity index is 598. The standard InChI is InChI=1S/C21H30O2/c1-5-6-7-8-16-11-12-18(21(23)20(16)22)19-13-17(14(2)3)10-9-15(19)4/h11-13,15,17,22-23H,2,5-10H2,1,3-4H3. The molecule has 1 aromatic rings. The van der Waals surface area contributed by atoms with Crippen molar-refractivity contribution in [1.82, 2.24) is 0 Å². The molecule has 0 radical (unpaired) electrons. The Morgan fingerprint density at radius 2 is 1.91 bits per heavy atom. The number of phenolic OH excluding ortho intramolecular Hbond substituents is 2. The van der Waals surface area contributed by atoms with Crippen molar-refractivity contribution in [3.05, 3.63) is 41.5 Å². The summed E-state index contributed by atoms with van der Waals surface area (Å²) in [5.74, 6) is 0.859. The van der Waals surface area contributed by atoms with Crippen LogP contribution in [0.5, 0.6) is 11.5 Å². The molecule has 2 N–H and O–H groups in total. The molecule has 0 spiro atoms. The first-order chi connectivity index (χ1) is 11.0. The van der Waals surface area contributed by atoms with Crippen LogP contribution in [0.25, 0.3) is 5.57 Å². The number of benzene rings is 1. The normalized spacial score (nSPS) is 21.1. The molecule has 0 bridgehead atoms. The highest BCUT2D eigenvalue weighted by molar-refractivity contribution is 5.75. The third-order valence-electron chi connectivity index (χ3n) is 5.05. The molecule has 1 aliphatic rings. The van der Waals surface area contributed by atoms with Gasteiger partial charge in [0.1, 0.15) is 0 Å². The lowest BCUT2D eigenvalue weighted by molar-refractivity contribution is 0.396. The van der Waals surface area contributed by atoms with E-state index in [0.29, 0.717) is 11.8 Å². The second kappa shape index (κ2) is 7.72. The van der Waals surface area contributed by atoms with Crippen LogP contribution in [0, 0.1) is 11.8 Å². The van der Waals surface area contributed by atoms with Gasteiger partial charge in [0, 0.05) is 5.56 Å². The van der Waals surface area contributed by atoms with E-state index in [1.807, 2.05) is 12.1 Å². The lowest BCUT2D eigenvalue weighted by atomic mass is 9.78. The molecule has 0 amide bonds. The van der Waals surface area contributed by atoms with E-state index < -0.39 is 0 Å². The highest BCUT2D eigenvalue weighted by Crippen LogP contribution is 2.43. The minimum atomic E-state index is 0.0412. The Morgan fingerprint density at radius 1 is 1.17 bits per heavy atom. The first kappa shape index (κ1) is 17.7. The fourth-order valence-corrected chi connectivity index (χ4v) is 3.41. The van der Waals surface area contributed by atoms with Crippen molar-refractivity contribution in [2.75, 3.05) is 0 Å². The smallest absolute Gasteiger partial charge is 0.165 e. The van der Waals surface area contributed by atoms with Gasteiger partial charge < -0.3 is 10.2 Å². The number of hydrogen-bond donors (Lipinski definition) is 2. The molecule has 2 nitrogen and oxygen atoms in total. The summed E-state index contributed by atoms with van der Waals surface area (Å²) in [6.45, 7) is 10.5. The maximum absolute atomic E-state index is 10.5. The molecule has 2 unspecified atom stereocenters. The van der Waals surface area contributed by atoms with Gasteiger partial charge in [-0.2, -0.15) is 0 Å². The molecule has 23 heavy (non-hydrogen) atoms. The Kier molecular flexibility index (Phi) is 5.92. The molecule has 1 aliphatic carbocycles. The summed E-state index contributed by atoms with van der Waals surface area (Å²) in [5.41, 5.74) is 3.92. The quantitative estimate of drug-likeness (QED) is 0.393. The van der Waals surface area contributed by atoms with Crippen molar-refractivity contribution in [1.29, 1.82) is 0 Å². The molecule has 0 aromatic heterocycles. The second-order valence-electron chi connectivity index (χ2n) is 6.98. The number of aryl methyl sites for hydroxylation is 1. The SMILES string of the molecule is C=C(C)C1C=C(c2ccc(CCCCC)c(O)c2O)C(C)CC1. The van der Waals surface area contributed by atoms with E-state index in [1.165, 1.54) is 0 Å². The van der Waals surface area contributed by atoms with Gasteiger partial charge >= 0.3 is 0 Å². The number of phenols is 2. The van der Waals surface area contributed by atoms with E-state index in [-0.39, 0.29) is 11.5 Å². The fraction of sp³-hybridized carbons (Fsp3) is 0.524. The molecule has 126 valence electrons. The zero-order valence-electron chi connectivity index (χ0n) is 14.7. The summed E-state index contributed by atoms with van der Waals surface area (Å²) in [6, 6.07) is 3.94. The Labute approximate surface area is 140 Å². The molecule has 0 fully saturated rings. The lowest BCUT2D eigenvalue weighted by Gasteiger charge is -2.27. The lowest BCUT2D eigenvalue weighted by Crippen LogP contribution is -2.12. The Balaban J connectivity index is 2.32. The number of aromatic hydroxyl groups is 2. The van der Waals surface area contributed by atoms with Gasteiger partial charge in [-0.25, -0.2) is 0 Å². The van der Waals surface area contributed by atoms with E-state index in [1.54, 1.807) is 0 Å². The molecule has 0 saturated heterocycles.